The Hall–Kier alpha value is -0.640. The highest BCUT2D eigenvalue weighted by Crippen LogP contribution is 2.11. The van der Waals surface area contributed by atoms with E-state index in [0.29, 0.717) is 12.6 Å². The van der Waals surface area contributed by atoms with Gasteiger partial charge in [-0.1, -0.05) is 18.2 Å². The van der Waals surface area contributed by atoms with Crippen molar-refractivity contribution in [3.63, 3.8) is 0 Å². The molecule has 90 valence electrons. The summed E-state index contributed by atoms with van der Waals surface area (Å²) in [5.41, 5.74) is 0.718. The molecule has 16 heavy (non-hydrogen) atoms. The minimum Gasteiger partial charge on any atom is -0.377 e. The van der Waals surface area contributed by atoms with E-state index in [2.05, 4.69) is 5.32 Å². The minimum atomic E-state index is -0.141. The Morgan fingerprint density at radius 3 is 2.88 bits per heavy atom. The van der Waals surface area contributed by atoms with E-state index in [-0.39, 0.29) is 18.2 Å². The molecule has 1 atom stereocenters. The fraction of sp³-hybridized carbons (Fsp3) is 0.500. The standard InChI is InChI=1S/C12H16FNO.ClH/c13-12-6-2-1-4-10(12)8-14-9-11-5-3-7-15-11;/h1-2,4,6,11,14H,3,5,7-9H2;1H. The molecule has 2 nitrogen and oxygen atoms in total. The fourth-order valence-corrected chi connectivity index (χ4v) is 1.81. The van der Waals surface area contributed by atoms with E-state index in [1.54, 1.807) is 12.1 Å². The van der Waals surface area contributed by atoms with Gasteiger partial charge in [-0.2, -0.15) is 0 Å². The lowest BCUT2D eigenvalue weighted by molar-refractivity contribution is 0.110. The van der Waals surface area contributed by atoms with Gasteiger partial charge >= 0.3 is 0 Å². The smallest absolute Gasteiger partial charge is 0.127 e. The summed E-state index contributed by atoms with van der Waals surface area (Å²) in [7, 11) is 0. The third-order valence-corrected chi connectivity index (χ3v) is 2.67. The van der Waals surface area contributed by atoms with Crippen molar-refractivity contribution >= 4 is 12.4 Å². The van der Waals surface area contributed by atoms with Crippen molar-refractivity contribution < 1.29 is 9.13 Å². The molecule has 1 heterocycles. The van der Waals surface area contributed by atoms with Crippen LogP contribution in [0.3, 0.4) is 0 Å². The Kier molecular flexibility index (Phi) is 5.74. The molecule has 0 bridgehead atoms. The molecule has 1 N–H and O–H groups in total. The van der Waals surface area contributed by atoms with Crippen LogP contribution in [0.5, 0.6) is 0 Å². The number of nitrogens with one attached hydrogen (secondary N) is 1. The Morgan fingerprint density at radius 1 is 1.38 bits per heavy atom. The first kappa shape index (κ1) is 13.4. The van der Waals surface area contributed by atoms with E-state index in [1.165, 1.54) is 6.07 Å². The van der Waals surface area contributed by atoms with Crippen molar-refractivity contribution in [3.8, 4) is 0 Å². The highest BCUT2D eigenvalue weighted by Gasteiger charge is 2.14. The zero-order valence-electron chi connectivity index (χ0n) is 9.12. The number of hydrogen-bond donors (Lipinski definition) is 1. The molecule has 0 amide bonds. The molecule has 0 aromatic heterocycles. The van der Waals surface area contributed by atoms with Crippen molar-refractivity contribution in [2.75, 3.05) is 13.2 Å². The Labute approximate surface area is 102 Å². The minimum absolute atomic E-state index is 0. The van der Waals surface area contributed by atoms with Crippen LogP contribution >= 0.6 is 12.4 Å². The van der Waals surface area contributed by atoms with Crippen LogP contribution in [-0.2, 0) is 11.3 Å². The maximum atomic E-state index is 13.2. The second kappa shape index (κ2) is 6.84. The molecule has 4 heteroatoms. The van der Waals surface area contributed by atoms with Gasteiger partial charge in [0.15, 0.2) is 0 Å². The summed E-state index contributed by atoms with van der Waals surface area (Å²) < 4.78 is 18.7. The number of benzene rings is 1. The molecule has 1 aliphatic rings. The van der Waals surface area contributed by atoms with E-state index >= 15 is 0 Å². The molecule has 0 aliphatic carbocycles. The normalized spacial score (nSPS) is 19.4. The third kappa shape index (κ3) is 3.74. The van der Waals surface area contributed by atoms with Gasteiger partial charge in [0.2, 0.25) is 0 Å². The van der Waals surface area contributed by atoms with Gasteiger partial charge in [0.05, 0.1) is 6.10 Å². The fourth-order valence-electron chi connectivity index (χ4n) is 1.81. The molecule has 1 aliphatic heterocycles. The van der Waals surface area contributed by atoms with Crippen molar-refractivity contribution in [1.29, 1.82) is 0 Å². The Morgan fingerprint density at radius 2 is 2.19 bits per heavy atom. The van der Waals surface area contributed by atoms with Crippen molar-refractivity contribution in [1.82, 2.24) is 5.32 Å². The van der Waals surface area contributed by atoms with Gasteiger partial charge in [-0.25, -0.2) is 4.39 Å². The van der Waals surface area contributed by atoms with Gasteiger partial charge in [-0.15, -0.1) is 12.4 Å². The Balaban J connectivity index is 0.00000128. The van der Waals surface area contributed by atoms with Gasteiger partial charge in [-0.3, -0.25) is 0 Å². The summed E-state index contributed by atoms with van der Waals surface area (Å²) >= 11 is 0. The summed E-state index contributed by atoms with van der Waals surface area (Å²) in [5.74, 6) is -0.141. The molecular weight excluding hydrogens is 229 g/mol. The summed E-state index contributed by atoms with van der Waals surface area (Å²) in [4.78, 5) is 0. The van der Waals surface area contributed by atoms with E-state index in [0.717, 1.165) is 31.6 Å². The van der Waals surface area contributed by atoms with Crippen molar-refractivity contribution in [2.24, 2.45) is 0 Å². The van der Waals surface area contributed by atoms with Gasteiger partial charge in [0, 0.05) is 25.3 Å². The summed E-state index contributed by atoms with van der Waals surface area (Å²) in [5, 5.41) is 3.22. The Bertz CT molecular complexity index is 316. The van der Waals surface area contributed by atoms with Gasteiger partial charge in [0.25, 0.3) is 0 Å². The molecule has 0 spiro atoms. The highest BCUT2D eigenvalue weighted by molar-refractivity contribution is 5.85. The molecule has 2 rings (SSSR count). The molecular formula is C12H17ClFNO. The predicted molar refractivity (Wildman–Crippen MR) is 64.3 cm³/mol. The number of ether oxygens (including phenoxy) is 1. The quantitative estimate of drug-likeness (QED) is 0.880. The highest BCUT2D eigenvalue weighted by atomic mass is 35.5. The molecule has 1 unspecified atom stereocenters. The lowest BCUT2D eigenvalue weighted by Crippen LogP contribution is -2.26. The van der Waals surface area contributed by atoms with E-state index < -0.39 is 0 Å². The zero-order chi connectivity index (χ0) is 10.5. The number of hydrogen-bond acceptors (Lipinski definition) is 2. The third-order valence-electron chi connectivity index (χ3n) is 2.67. The molecule has 1 aromatic rings. The topological polar surface area (TPSA) is 21.3 Å². The van der Waals surface area contributed by atoms with E-state index in [4.69, 9.17) is 4.74 Å². The first-order valence-corrected chi connectivity index (χ1v) is 5.42. The molecule has 0 radical (unpaired) electrons. The van der Waals surface area contributed by atoms with Crippen LogP contribution < -0.4 is 5.32 Å². The summed E-state index contributed by atoms with van der Waals surface area (Å²) in [6, 6.07) is 6.85. The average Bonchev–Trinajstić information content (AvgIpc) is 2.74. The average molecular weight is 246 g/mol. The molecule has 1 aromatic carbocycles. The lowest BCUT2D eigenvalue weighted by atomic mass is 10.2. The summed E-state index contributed by atoms with van der Waals surface area (Å²) in [6.07, 6.45) is 2.58. The van der Waals surface area contributed by atoms with Gasteiger partial charge < -0.3 is 10.1 Å². The SMILES string of the molecule is Cl.Fc1ccccc1CNCC1CCCO1. The van der Waals surface area contributed by atoms with Gasteiger partial charge in [-0.05, 0) is 18.9 Å². The first-order valence-electron chi connectivity index (χ1n) is 5.42. The number of halogens is 2. The molecule has 0 saturated carbocycles. The first-order chi connectivity index (χ1) is 7.36. The van der Waals surface area contributed by atoms with Crippen LogP contribution in [-0.4, -0.2) is 19.3 Å². The van der Waals surface area contributed by atoms with Crippen LogP contribution in [0.4, 0.5) is 4.39 Å². The number of rotatable bonds is 4. The second-order valence-corrected chi connectivity index (χ2v) is 3.86. The zero-order valence-corrected chi connectivity index (χ0v) is 9.93. The van der Waals surface area contributed by atoms with Crippen molar-refractivity contribution in [3.05, 3.63) is 35.6 Å². The molecule has 1 saturated heterocycles. The monoisotopic (exact) mass is 245 g/mol. The molecule has 1 fully saturated rings. The van der Waals surface area contributed by atoms with Crippen molar-refractivity contribution in [2.45, 2.75) is 25.5 Å². The van der Waals surface area contributed by atoms with Crippen LogP contribution in [0, 0.1) is 5.82 Å². The van der Waals surface area contributed by atoms with Gasteiger partial charge in [0.1, 0.15) is 5.82 Å². The van der Waals surface area contributed by atoms with Crippen LogP contribution in [0.25, 0.3) is 0 Å². The maximum absolute atomic E-state index is 13.2. The largest absolute Gasteiger partial charge is 0.377 e. The summed E-state index contributed by atoms with van der Waals surface area (Å²) in [6.45, 7) is 2.26. The maximum Gasteiger partial charge on any atom is 0.127 e. The second-order valence-electron chi connectivity index (χ2n) is 3.86. The lowest BCUT2D eigenvalue weighted by Gasteiger charge is -2.10. The predicted octanol–water partition coefficient (Wildman–Crippen LogP) is 2.52. The van der Waals surface area contributed by atoms with Crippen LogP contribution in [0.15, 0.2) is 24.3 Å². The van der Waals surface area contributed by atoms with Crippen LogP contribution in [0.2, 0.25) is 0 Å². The van der Waals surface area contributed by atoms with Crippen LogP contribution in [0.1, 0.15) is 18.4 Å². The van der Waals surface area contributed by atoms with E-state index in [9.17, 15) is 4.39 Å². The van der Waals surface area contributed by atoms with E-state index in [1.807, 2.05) is 6.07 Å².